The highest BCUT2D eigenvalue weighted by molar-refractivity contribution is 7.14. The molecule has 2 aliphatic rings. The quantitative estimate of drug-likeness (QED) is 0.480. The molecule has 8 heteroatoms. The summed E-state index contributed by atoms with van der Waals surface area (Å²) in [6.07, 6.45) is 7.38. The number of aryl methyl sites for hydroxylation is 1. The third kappa shape index (κ3) is 4.02. The number of thiazole rings is 1. The Hall–Kier alpha value is -2.58. The zero-order valence-corrected chi connectivity index (χ0v) is 18.0. The van der Waals surface area contributed by atoms with Gasteiger partial charge in [0.1, 0.15) is 10.7 Å². The van der Waals surface area contributed by atoms with Gasteiger partial charge in [-0.2, -0.15) is 5.10 Å². The van der Waals surface area contributed by atoms with Crippen LogP contribution in [0.25, 0.3) is 21.5 Å². The molecule has 2 atom stereocenters. The van der Waals surface area contributed by atoms with E-state index in [-0.39, 0.29) is 12.3 Å². The molecule has 0 radical (unpaired) electrons. The molecule has 4 heterocycles. The van der Waals surface area contributed by atoms with Crippen molar-refractivity contribution in [1.29, 1.82) is 0 Å². The molecule has 2 aliphatic heterocycles. The van der Waals surface area contributed by atoms with Crippen LogP contribution in [0.1, 0.15) is 47.5 Å². The van der Waals surface area contributed by atoms with E-state index in [2.05, 4.69) is 34.1 Å². The highest BCUT2D eigenvalue weighted by Crippen LogP contribution is 2.39. The summed E-state index contributed by atoms with van der Waals surface area (Å²) in [5.74, 6) is 0.670. The molecular formula is C22H26N4O3S. The number of rotatable bonds is 4. The largest absolute Gasteiger partial charge is 0.483 e. The number of piperidine rings is 1. The van der Waals surface area contributed by atoms with Gasteiger partial charge in [0.15, 0.2) is 5.78 Å². The minimum atomic E-state index is -0.250. The normalized spacial score (nSPS) is 23.2. The molecule has 2 aromatic heterocycles. The van der Waals surface area contributed by atoms with Crippen molar-refractivity contribution < 1.29 is 14.7 Å². The van der Waals surface area contributed by atoms with E-state index in [0.717, 1.165) is 34.3 Å². The smallest absolute Gasteiger partial charge is 0.290 e. The SMILES string of the molecule is Cc1cnc(-c2ccc3c(C(=O)CC4CC5CCC(C4)N5C)n[nH]c3c2)s1.O=CO. The number of carbonyl (C=O) groups is 2. The number of hydrogen-bond donors (Lipinski definition) is 2. The number of Topliss-reactive ketones (excluding diaryl/α,β-unsaturated/α-hetero) is 1. The van der Waals surface area contributed by atoms with Crippen molar-refractivity contribution in [1.82, 2.24) is 20.1 Å². The minimum Gasteiger partial charge on any atom is -0.483 e. The molecule has 2 saturated heterocycles. The molecule has 2 unspecified atom stereocenters. The van der Waals surface area contributed by atoms with Gasteiger partial charge in [0.25, 0.3) is 6.47 Å². The highest BCUT2D eigenvalue weighted by atomic mass is 32.1. The van der Waals surface area contributed by atoms with Crippen LogP contribution < -0.4 is 0 Å². The van der Waals surface area contributed by atoms with E-state index in [0.29, 0.717) is 30.1 Å². The second kappa shape index (κ2) is 8.65. The van der Waals surface area contributed by atoms with Crippen LogP contribution in [-0.4, -0.2) is 56.6 Å². The van der Waals surface area contributed by atoms with E-state index in [9.17, 15) is 4.79 Å². The molecule has 3 aromatic rings. The average Bonchev–Trinajstić information content (AvgIpc) is 3.38. The van der Waals surface area contributed by atoms with Gasteiger partial charge < -0.3 is 10.0 Å². The topological polar surface area (TPSA) is 99.2 Å². The predicted molar refractivity (Wildman–Crippen MR) is 117 cm³/mol. The zero-order chi connectivity index (χ0) is 21.3. The Morgan fingerprint density at radius 3 is 2.67 bits per heavy atom. The lowest BCUT2D eigenvalue weighted by Crippen LogP contribution is -2.40. The van der Waals surface area contributed by atoms with Crippen molar-refractivity contribution in [2.24, 2.45) is 5.92 Å². The number of aromatic amines is 1. The number of H-pyrrole nitrogens is 1. The number of fused-ring (bicyclic) bond motifs is 3. The first-order valence-electron chi connectivity index (χ1n) is 10.2. The fraction of sp³-hybridized carbons (Fsp3) is 0.455. The molecule has 30 heavy (non-hydrogen) atoms. The molecule has 0 saturated carbocycles. The van der Waals surface area contributed by atoms with Crippen LogP contribution in [0.2, 0.25) is 0 Å². The maximum absolute atomic E-state index is 13.0. The van der Waals surface area contributed by atoms with Crippen LogP contribution in [0.4, 0.5) is 0 Å². The molecule has 2 bridgehead atoms. The molecule has 0 spiro atoms. The molecule has 158 valence electrons. The Bertz CT molecular complexity index is 1050. The first kappa shape index (κ1) is 20.7. The summed E-state index contributed by atoms with van der Waals surface area (Å²) in [6, 6.07) is 7.44. The van der Waals surface area contributed by atoms with E-state index >= 15 is 0 Å². The molecule has 1 aromatic carbocycles. The summed E-state index contributed by atoms with van der Waals surface area (Å²) in [6.45, 7) is 1.81. The maximum atomic E-state index is 13.0. The molecule has 2 fully saturated rings. The van der Waals surface area contributed by atoms with E-state index in [1.807, 2.05) is 24.4 Å². The number of nitrogens with zero attached hydrogens (tertiary/aromatic N) is 3. The van der Waals surface area contributed by atoms with Crippen molar-refractivity contribution in [3.05, 3.63) is 35.0 Å². The molecule has 5 rings (SSSR count). The van der Waals surface area contributed by atoms with Crippen molar-refractivity contribution in [3.8, 4) is 10.6 Å². The first-order chi connectivity index (χ1) is 14.5. The maximum Gasteiger partial charge on any atom is 0.290 e. The van der Waals surface area contributed by atoms with Crippen molar-refractivity contribution in [3.63, 3.8) is 0 Å². The van der Waals surface area contributed by atoms with Crippen LogP contribution >= 0.6 is 11.3 Å². The van der Waals surface area contributed by atoms with E-state index in [4.69, 9.17) is 9.90 Å². The Kier molecular flexibility index (Phi) is 5.97. The Balaban J connectivity index is 0.000000687. The third-order valence-electron chi connectivity index (χ3n) is 6.37. The first-order valence-corrected chi connectivity index (χ1v) is 11.1. The molecule has 0 aliphatic carbocycles. The number of ketones is 1. The monoisotopic (exact) mass is 426 g/mol. The standard InChI is InChI=1S/C21H24N4OS.CH2O2/c1-12-11-22-21(27-12)14-3-6-17-18(10-14)23-24-20(17)19(26)9-13-7-15-4-5-16(8-13)25(15)2;2-1-3/h3,6,10-11,13,15-16H,4-5,7-9H2,1-2H3,(H,23,24);1H,(H,2,3). The lowest BCUT2D eigenvalue weighted by Gasteiger charge is -2.36. The third-order valence-corrected chi connectivity index (χ3v) is 7.33. The Morgan fingerprint density at radius 2 is 2.03 bits per heavy atom. The van der Waals surface area contributed by atoms with Gasteiger partial charge in [0.05, 0.1) is 5.52 Å². The molecule has 2 N–H and O–H groups in total. The number of aromatic nitrogens is 3. The van der Waals surface area contributed by atoms with Crippen LogP contribution in [0.5, 0.6) is 0 Å². The number of carbonyl (C=O) groups excluding carboxylic acids is 1. The predicted octanol–water partition coefficient (Wildman–Crippen LogP) is 4.14. The van der Waals surface area contributed by atoms with Crippen molar-refractivity contribution >= 4 is 34.5 Å². The summed E-state index contributed by atoms with van der Waals surface area (Å²) in [7, 11) is 2.24. The number of carboxylic acid groups (broad SMARTS) is 1. The van der Waals surface area contributed by atoms with Gasteiger partial charge >= 0.3 is 0 Å². The fourth-order valence-electron chi connectivity index (χ4n) is 4.90. The van der Waals surface area contributed by atoms with Crippen LogP contribution in [0.3, 0.4) is 0 Å². The van der Waals surface area contributed by atoms with E-state index in [1.54, 1.807) is 11.3 Å². The Labute approximate surface area is 179 Å². The van der Waals surface area contributed by atoms with Gasteiger partial charge in [-0.15, -0.1) is 11.3 Å². The summed E-state index contributed by atoms with van der Waals surface area (Å²) < 4.78 is 0. The molecule has 0 amide bonds. The molecule has 7 nitrogen and oxygen atoms in total. The van der Waals surface area contributed by atoms with Gasteiger partial charge in [0, 0.05) is 40.5 Å². The van der Waals surface area contributed by atoms with Crippen molar-refractivity contribution in [2.45, 2.75) is 51.1 Å². The van der Waals surface area contributed by atoms with Crippen LogP contribution in [-0.2, 0) is 4.79 Å². The van der Waals surface area contributed by atoms with Crippen LogP contribution in [0.15, 0.2) is 24.4 Å². The highest BCUT2D eigenvalue weighted by Gasteiger charge is 2.39. The number of hydrogen-bond acceptors (Lipinski definition) is 6. The minimum absolute atomic E-state index is 0.174. The lowest BCUT2D eigenvalue weighted by atomic mass is 9.86. The van der Waals surface area contributed by atoms with E-state index in [1.165, 1.54) is 17.7 Å². The molecular weight excluding hydrogens is 400 g/mol. The number of nitrogens with one attached hydrogen (secondary N) is 1. The van der Waals surface area contributed by atoms with Gasteiger partial charge in [0.2, 0.25) is 0 Å². The average molecular weight is 427 g/mol. The summed E-state index contributed by atoms with van der Waals surface area (Å²) in [5.41, 5.74) is 2.57. The van der Waals surface area contributed by atoms with Gasteiger partial charge in [-0.3, -0.25) is 14.7 Å². The van der Waals surface area contributed by atoms with Crippen LogP contribution in [0, 0.1) is 12.8 Å². The fourth-order valence-corrected chi connectivity index (χ4v) is 5.66. The lowest BCUT2D eigenvalue weighted by molar-refractivity contribution is -0.122. The number of benzene rings is 1. The van der Waals surface area contributed by atoms with Crippen molar-refractivity contribution in [2.75, 3.05) is 7.05 Å². The second-order valence-electron chi connectivity index (χ2n) is 8.23. The summed E-state index contributed by atoms with van der Waals surface area (Å²) in [5, 5.41) is 16.2. The Morgan fingerprint density at radius 1 is 1.33 bits per heavy atom. The van der Waals surface area contributed by atoms with Gasteiger partial charge in [-0.05, 0) is 57.7 Å². The van der Waals surface area contributed by atoms with Gasteiger partial charge in [-0.25, -0.2) is 4.98 Å². The summed E-state index contributed by atoms with van der Waals surface area (Å²) in [4.78, 5) is 29.5. The van der Waals surface area contributed by atoms with Gasteiger partial charge in [-0.1, -0.05) is 6.07 Å². The van der Waals surface area contributed by atoms with E-state index < -0.39 is 0 Å². The second-order valence-corrected chi connectivity index (χ2v) is 9.46. The summed E-state index contributed by atoms with van der Waals surface area (Å²) >= 11 is 1.68. The zero-order valence-electron chi connectivity index (χ0n) is 17.2.